The van der Waals surface area contributed by atoms with E-state index in [1.165, 1.54) is 0 Å². The molecule has 0 aromatic heterocycles. The van der Waals surface area contributed by atoms with Gasteiger partial charge in [0.2, 0.25) is 5.91 Å². The van der Waals surface area contributed by atoms with Crippen LogP contribution in [0.2, 0.25) is 0 Å². The number of hydrogen-bond acceptors (Lipinski definition) is 5. The molecule has 1 heterocycles. The van der Waals surface area contributed by atoms with E-state index in [1.54, 1.807) is 4.90 Å². The summed E-state index contributed by atoms with van der Waals surface area (Å²) in [6.07, 6.45) is -3.91. The Morgan fingerprint density at radius 2 is 1.82 bits per heavy atom. The molecule has 5 N–H and O–H groups in total. The molecule has 12 heteroatoms. The summed E-state index contributed by atoms with van der Waals surface area (Å²) >= 11 is 0. The highest BCUT2D eigenvalue weighted by atomic mass is 19.4. The van der Waals surface area contributed by atoms with Crippen molar-refractivity contribution in [1.82, 2.24) is 20.4 Å². The zero-order chi connectivity index (χ0) is 28.7. The number of nitrogens with two attached hydrogens (primary N) is 1. The van der Waals surface area contributed by atoms with Gasteiger partial charge in [-0.2, -0.15) is 13.2 Å². The molecular weight excluding hydrogens is 513 g/mol. The number of carbonyl (C=O) groups excluding carboxylic acids is 3. The highest BCUT2D eigenvalue weighted by Crippen LogP contribution is 2.31. The summed E-state index contributed by atoms with van der Waals surface area (Å²) in [6, 6.07) is 8.12. The fourth-order valence-electron chi connectivity index (χ4n) is 4.42. The summed E-state index contributed by atoms with van der Waals surface area (Å²) in [4.78, 5) is 41.1. The molecule has 0 radical (unpaired) electrons. The number of halogens is 3. The third-order valence-corrected chi connectivity index (χ3v) is 6.67. The number of urea groups is 1. The summed E-state index contributed by atoms with van der Waals surface area (Å²) in [5.41, 5.74) is 6.95. The molecule has 0 saturated carbocycles. The average Bonchev–Trinajstić information content (AvgIpc) is 3.31. The van der Waals surface area contributed by atoms with E-state index >= 15 is 0 Å². The molecule has 0 aliphatic carbocycles. The van der Waals surface area contributed by atoms with E-state index in [0.717, 1.165) is 35.5 Å². The molecule has 1 unspecified atom stereocenters. The molecule has 2 aromatic rings. The molecule has 2 aromatic carbocycles. The van der Waals surface area contributed by atoms with Crippen LogP contribution in [0.15, 0.2) is 36.4 Å². The smallest absolute Gasteiger partial charge is 0.398 e. The third kappa shape index (κ3) is 8.09. The molecule has 39 heavy (non-hydrogen) atoms. The maximum absolute atomic E-state index is 13.0. The predicted molar refractivity (Wildman–Crippen MR) is 143 cm³/mol. The molecule has 1 atom stereocenters. The number of amides is 4. The molecular formula is C27H35F3N6O3. The van der Waals surface area contributed by atoms with Crippen molar-refractivity contribution >= 4 is 29.2 Å². The van der Waals surface area contributed by atoms with Gasteiger partial charge in [0, 0.05) is 50.1 Å². The molecule has 212 valence electrons. The molecule has 9 nitrogen and oxygen atoms in total. The van der Waals surface area contributed by atoms with Crippen molar-refractivity contribution in [2.45, 2.75) is 46.0 Å². The number of alkyl halides is 3. The maximum atomic E-state index is 13.0. The number of nitrogens with zero attached hydrogens (tertiary/aromatic N) is 2. The largest absolute Gasteiger partial charge is 0.416 e. The first-order chi connectivity index (χ1) is 18.4. The Labute approximate surface area is 225 Å². The van der Waals surface area contributed by atoms with Crippen LogP contribution in [0.25, 0.3) is 0 Å². The van der Waals surface area contributed by atoms with E-state index in [-0.39, 0.29) is 23.3 Å². The van der Waals surface area contributed by atoms with Crippen molar-refractivity contribution in [3.63, 3.8) is 0 Å². The molecule has 0 spiro atoms. The summed E-state index contributed by atoms with van der Waals surface area (Å²) in [7, 11) is 0. The van der Waals surface area contributed by atoms with Gasteiger partial charge in [-0.15, -0.1) is 0 Å². The minimum Gasteiger partial charge on any atom is -0.398 e. The first-order valence-electron chi connectivity index (χ1n) is 12.8. The summed E-state index contributed by atoms with van der Waals surface area (Å²) < 4.78 is 38.9. The minimum absolute atomic E-state index is 0.112. The molecule has 4 amide bonds. The number of nitrogens with one attached hydrogen (secondary N) is 3. The molecule has 1 aliphatic heterocycles. The van der Waals surface area contributed by atoms with E-state index in [4.69, 9.17) is 5.73 Å². The predicted octanol–water partition coefficient (Wildman–Crippen LogP) is 3.59. The van der Waals surface area contributed by atoms with Gasteiger partial charge >= 0.3 is 12.2 Å². The zero-order valence-electron chi connectivity index (χ0n) is 22.3. The highest BCUT2D eigenvalue weighted by Gasteiger charge is 2.31. The lowest BCUT2D eigenvalue weighted by atomic mass is 10.1. The first kappa shape index (κ1) is 29.8. The van der Waals surface area contributed by atoms with Gasteiger partial charge < -0.3 is 26.6 Å². The van der Waals surface area contributed by atoms with Crippen LogP contribution in [-0.2, 0) is 17.5 Å². The average molecular weight is 549 g/mol. The number of hydrogen-bond donors (Lipinski definition) is 4. The van der Waals surface area contributed by atoms with E-state index in [1.807, 2.05) is 39.0 Å². The van der Waals surface area contributed by atoms with Crippen LogP contribution in [0.4, 0.5) is 29.3 Å². The maximum Gasteiger partial charge on any atom is 0.416 e. The number of anilines is 2. The number of carbonyl (C=O) groups is 3. The van der Waals surface area contributed by atoms with Crippen LogP contribution in [-0.4, -0.2) is 66.4 Å². The SMILES string of the molecule is CCN(CC)C(=O)Nc1cc(CN2CCC(NC(=O)CNC(=O)c3cc(C(F)(F)F)ccc3N)C2)ccc1C. The Balaban J connectivity index is 1.50. The lowest BCUT2D eigenvalue weighted by Crippen LogP contribution is -2.43. The van der Waals surface area contributed by atoms with Gasteiger partial charge in [0.05, 0.1) is 17.7 Å². The van der Waals surface area contributed by atoms with Crippen molar-refractivity contribution < 1.29 is 27.6 Å². The summed E-state index contributed by atoms with van der Waals surface area (Å²) in [5.74, 6) is -1.30. The normalized spacial score (nSPS) is 15.6. The number of likely N-dealkylation sites (tertiary alicyclic amines) is 1. The monoisotopic (exact) mass is 548 g/mol. The minimum atomic E-state index is -4.62. The fraction of sp³-hybridized carbons (Fsp3) is 0.444. The number of benzene rings is 2. The van der Waals surface area contributed by atoms with Gasteiger partial charge in [0.1, 0.15) is 0 Å². The van der Waals surface area contributed by atoms with Gasteiger partial charge in [-0.1, -0.05) is 12.1 Å². The molecule has 1 fully saturated rings. The van der Waals surface area contributed by atoms with E-state index in [2.05, 4.69) is 20.9 Å². The second-order valence-corrected chi connectivity index (χ2v) is 9.52. The Bertz CT molecular complexity index is 1200. The fourth-order valence-corrected chi connectivity index (χ4v) is 4.42. The first-order valence-corrected chi connectivity index (χ1v) is 12.8. The molecule has 1 saturated heterocycles. The van der Waals surface area contributed by atoms with Gasteiger partial charge in [0.25, 0.3) is 5.91 Å². The highest BCUT2D eigenvalue weighted by molar-refractivity contribution is 6.00. The van der Waals surface area contributed by atoms with Gasteiger partial charge in [-0.05, 0) is 62.6 Å². The lowest BCUT2D eigenvalue weighted by Gasteiger charge is -2.21. The standard InChI is InChI=1S/C27H35F3N6O3/c1-4-36(5-2)26(39)34-23-12-18(7-6-17(23)3)15-35-11-10-20(16-35)33-24(37)14-32-25(38)21-13-19(27(28,29)30)8-9-22(21)31/h6-9,12-13,20H,4-5,10-11,14-16,31H2,1-3H3,(H,32,38)(H,33,37)(H,34,39). The Morgan fingerprint density at radius 1 is 1.10 bits per heavy atom. The Kier molecular flexibility index (Phi) is 9.79. The quantitative estimate of drug-likeness (QED) is 0.357. The van der Waals surface area contributed by atoms with Crippen LogP contribution in [0.1, 0.15) is 47.3 Å². The van der Waals surface area contributed by atoms with Crippen molar-refractivity contribution in [3.8, 4) is 0 Å². The van der Waals surface area contributed by atoms with Crippen LogP contribution < -0.4 is 21.7 Å². The van der Waals surface area contributed by atoms with Crippen molar-refractivity contribution in [1.29, 1.82) is 0 Å². The molecule has 3 rings (SSSR count). The van der Waals surface area contributed by atoms with Gasteiger partial charge in [-0.25, -0.2) is 4.79 Å². The van der Waals surface area contributed by atoms with Crippen LogP contribution in [0.5, 0.6) is 0 Å². The second kappa shape index (κ2) is 12.8. The van der Waals surface area contributed by atoms with Crippen LogP contribution >= 0.6 is 0 Å². The van der Waals surface area contributed by atoms with Crippen molar-refractivity contribution in [2.24, 2.45) is 0 Å². The Morgan fingerprint density at radius 3 is 2.49 bits per heavy atom. The van der Waals surface area contributed by atoms with Crippen LogP contribution in [0, 0.1) is 6.92 Å². The summed E-state index contributed by atoms with van der Waals surface area (Å²) in [5, 5.41) is 8.17. The molecule has 0 bridgehead atoms. The zero-order valence-corrected chi connectivity index (χ0v) is 22.3. The number of aryl methyl sites for hydroxylation is 1. The second-order valence-electron chi connectivity index (χ2n) is 9.52. The number of rotatable bonds is 9. The van der Waals surface area contributed by atoms with E-state index in [0.29, 0.717) is 38.7 Å². The Hall–Kier alpha value is -3.80. The van der Waals surface area contributed by atoms with E-state index < -0.39 is 30.1 Å². The van der Waals surface area contributed by atoms with Crippen LogP contribution in [0.3, 0.4) is 0 Å². The van der Waals surface area contributed by atoms with Gasteiger partial charge in [0.15, 0.2) is 0 Å². The third-order valence-electron chi connectivity index (χ3n) is 6.67. The number of nitrogen functional groups attached to an aromatic ring is 1. The van der Waals surface area contributed by atoms with Crippen molar-refractivity contribution in [3.05, 3.63) is 58.7 Å². The van der Waals surface area contributed by atoms with Crippen molar-refractivity contribution in [2.75, 3.05) is 43.8 Å². The van der Waals surface area contributed by atoms with E-state index in [9.17, 15) is 27.6 Å². The topological polar surface area (TPSA) is 120 Å². The summed E-state index contributed by atoms with van der Waals surface area (Å²) in [6.45, 7) is 8.59. The lowest BCUT2D eigenvalue weighted by molar-refractivity contribution is -0.137. The molecule has 1 aliphatic rings. The van der Waals surface area contributed by atoms with Gasteiger partial charge in [-0.3, -0.25) is 14.5 Å².